The van der Waals surface area contributed by atoms with E-state index in [1.807, 2.05) is 19.1 Å². The molecule has 2 aromatic heterocycles. The zero-order chi connectivity index (χ0) is 16.5. The van der Waals surface area contributed by atoms with Crippen molar-refractivity contribution in [2.45, 2.75) is 19.4 Å². The number of ether oxygens (including phenoxy) is 1. The summed E-state index contributed by atoms with van der Waals surface area (Å²) in [6.45, 7) is 2.02. The number of hydrogen-bond acceptors (Lipinski definition) is 6. The predicted octanol–water partition coefficient (Wildman–Crippen LogP) is 4.88. The molecule has 6 heteroatoms. The fourth-order valence-corrected chi connectivity index (χ4v) is 4.41. The van der Waals surface area contributed by atoms with E-state index in [0.717, 1.165) is 34.3 Å². The van der Waals surface area contributed by atoms with Crippen molar-refractivity contribution in [1.29, 1.82) is 0 Å². The molecule has 0 fully saturated rings. The van der Waals surface area contributed by atoms with Gasteiger partial charge in [0.1, 0.15) is 5.75 Å². The molecule has 4 rings (SSSR count). The average molecular weight is 355 g/mol. The molecule has 0 spiro atoms. The summed E-state index contributed by atoms with van der Waals surface area (Å²) < 4.78 is 5.25. The van der Waals surface area contributed by atoms with Crippen LogP contribution in [-0.2, 0) is 0 Å². The van der Waals surface area contributed by atoms with Crippen LogP contribution in [0, 0.1) is 6.92 Å². The van der Waals surface area contributed by atoms with Crippen molar-refractivity contribution >= 4 is 33.5 Å². The number of nitrogens with zero attached hydrogens (tertiary/aromatic N) is 3. The number of hydrazone groups is 1. The molecule has 1 aliphatic rings. The molecule has 0 amide bonds. The maximum Gasteiger partial charge on any atom is 0.206 e. The van der Waals surface area contributed by atoms with Gasteiger partial charge in [-0.25, -0.2) is 9.99 Å². The minimum atomic E-state index is 0.215. The summed E-state index contributed by atoms with van der Waals surface area (Å²) >= 11 is 3.41. The van der Waals surface area contributed by atoms with Crippen molar-refractivity contribution in [3.8, 4) is 5.75 Å². The van der Waals surface area contributed by atoms with Crippen LogP contribution in [0.2, 0.25) is 0 Å². The minimum Gasteiger partial charge on any atom is -0.497 e. The number of thiophene rings is 1. The van der Waals surface area contributed by atoms with Gasteiger partial charge < -0.3 is 4.74 Å². The first-order valence-electron chi connectivity index (χ1n) is 7.71. The summed E-state index contributed by atoms with van der Waals surface area (Å²) in [6.07, 6.45) is 0.880. The molecular weight excluding hydrogens is 338 g/mol. The Kier molecular flexibility index (Phi) is 4.08. The largest absolute Gasteiger partial charge is 0.497 e. The Bertz CT molecular complexity index is 853. The van der Waals surface area contributed by atoms with Gasteiger partial charge in [-0.05, 0) is 48.2 Å². The fraction of sp³-hybridized carbons (Fsp3) is 0.222. The van der Waals surface area contributed by atoms with Gasteiger partial charge >= 0.3 is 0 Å². The number of benzene rings is 1. The highest BCUT2D eigenvalue weighted by Crippen LogP contribution is 2.39. The van der Waals surface area contributed by atoms with Gasteiger partial charge in [-0.2, -0.15) is 5.10 Å². The van der Waals surface area contributed by atoms with Gasteiger partial charge in [0.2, 0.25) is 5.13 Å². The average Bonchev–Trinajstić information content (AvgIpc) is 3.34. The van der Waals surface area contributed by atoms with Gasteiger partial charge in [0.25, 0.3) is 0 Å². The zero-order valence-electron chi connectivity index (χ0n) is 13.5. The van der Waals surface area contributed by atoms with E-state index in [-0.39, 0.29) is 6.04 Å². The number of methoxy groups -OCH3 is 1. The SMILES string of the molecule is COc1ccc(C2=NN(c3nc(C)cs3)C(c3cccs3)C2)cc1. The number of rotatable bonds is 4. The predicted molar refractivity (Wildman–Crippen MR) is 101 cm³/mol. The summed E-state index contributed by atoms with van der Waals surface area (Å²) in [5.74, 6) is 0.861. The highest BCUT2D eigenvalue weighted by Gasteiger charge is 2.32. The van der Waals surface area contributed by atoms with Crippen LogP contribution in [0.1, 0.15) is 28.6 Å². The maximum absolute atomic E-state index is 5.25. The zero-order valence-corrected chi connectivity index (χ0v) is 15.1. The van der Waals surface area contributed by atoms with Crippen LogP contribution in [0.15, 0.2) is 52.3 Å². The number of aromatic nitrogens is 1. The lowest BCUT2D eigenvalue weighted by Crippen LogP contribution is -2.17. The molecule has 4 nitrogen and oxygen atoms in total. The van der Waals surface area contributed by atoms with Gasteiger partial charge in [-0.15, -0.1) is 22.7 Å². The van der Waals surface area contributed by atoms with Crippen molar-refractivity contribution in [2.24, 2.45) is 5.10 Å². The minimum absolute atomic E-state index is 0.215. The first kappa shape index (κ1) is 15.4. The van der Waals surface area contributed by atoms with E-state index in [9.17, 15) is 0 Å². The highest BCUT2D eigenvalue weighted by molar-refractivity contribution is 7.13. The van der Waals surface area contributed by atoms with E-state index in [1.165, 1.54) is 4.88 Å². The molecule has 3 heterocycles. The van der Waals surface area contributed by atoms with Crippen molar-refractivity contribution < 1.29 is 4.74 Å². The lowest BCUT2D eigenvalue weighted by molar-refractivity contribution is 0.415. The van der Waals surface area contributed by atoms with E-state index in [4.69, 9.17) is 9.84 Å². The molecule has 1 unspecified atom stereocenters. The number of aryl methyl sites for hydroxylation is 1. The molecule has 1 aliphatic heterocycles. The molecule has 0 N–H and O–H groups in total. The van der Waals surface area contributed by atoms with E-state index < -0.39 is 0 Å². The number of thiazole rings is 1. The molecular formula is C18H17N3OS2. The number of hydrogen-bond donors (Lipinski definition) is 0. The van der Waals surface area contributed by atoms with E-state index in [0.29, 0.717) is 0 Å². The van der Waals surface area contributed by atoms with Crippen LogP contribution < -0.4 is 9.75 Å². The van der Waals surface area contributed by atoms with E-state index >= 15 is 0 Å². The van der Waals surface area contributed by atoms with Crippen LogP contribution in [0.3, 0.4) is 0 Å². The van der Waals surface area contributed by atoms with Gasteiger partial charge in [0, 0.05) is 16.7 Å². The molecule has 0 aliphatic carbocycles. The first-order valence-corrected chi connectivity index (χ1v) is 9.47. The van der Waals surface area contributed by atoms with Crippen LogP contribution in [0.5, 0.6) is 5.75 Å². The topological polar surface area (TPSA) is 37.7 Å². The molecule has 3 aromatic rings. The van der Waals surface area contributed by atoms with Crippen LogP contribution in [-0.4, -0.2) is 17.8 Å². The molecule has 0 saturated heterocycles. The normalized spacial score (nSPS) is 17.2. The van der Waals surface area contributed by atoms with Crippen LogP contribution >= 0.6 is 22.7 Å². The second-order valence-corrected chi connectivity index (χ2v) is 7.44. The van der Waals surface area contributed by atoms with Gasteiger partial charge in [-0.3, -0.25) is 0 Å². The third kappa shape index (κ3) is 2.83. The smallest absolute Gasteiger partial charge is 0.206 e. The fourth-order valence-electron chi connectivity index (χ4n) is 2.79. The Hall–Kier alpha value is -2.18. The highest BCUT2D eigenvalue weighted by atomic mass is 32.1. The molecule has 0 saturated carbocycles. The first-order chi connectivity index (χ1) is 11.7. The monoisotopic (exact) mass is 355 g/mol. The Labute approximate surface area is 149 Å². The Morgan fingerprint density at radius 3 is 2.62 bits per heavy atom. The molecule has 0 radical (unpaired) electrons. The van der Waals surface area contributed by atoms with Crippen molar-refractivity contribution in [2.75, 3.05) is 12.1 Å². The second-order valence-electron chi connectivity index (χ2n) is 5.63. The lowest BCUT2D eigenvalue weighted by Gasteiger charge is -2.19. The van der Waals surface area contributed by atoms with Crippen molar-refractivity contribution in [3.05, 3.63) is 63.3 Å². The summed E-state index contributed by atoms with van der Waals surface area (Å²) in [5, 5.41) is 12.1. The summed E-state index contributed by atoms with van der Waals surface area (Å²) in [7, 11) is 1.68. The third-order valence-corrected chi connectivity index (χ3v) is 5.93. The lowest BCUT2D eigenvalue weighted by atomic mass is 10.0. The van der Waals surface area contributed by atoms with E-state index in [1.54, 1.807) is 29.8 Å². The second kappa shape index (κ2) is 6.37. The van der Waals surface area contributed by atoms with Crippen molar-refractivity contribution in [3.63, 3.8) is 0 Å². The summed E-state index contributed by atoms with van der Waals surface area (Å²) in [5.41, 5.74) is 3.25. The Morgan fingerprint density at radius 2 is 2.00 bits per heavy atom. The van der Waals surface area contributed by atoms with Crippen LogP contribution in [0.4, 0.5) is 5.13 Å². The Balaban J connectivity index is 1.70. The molecule has 1 aromatic carbocycles. The molecule has 1 atom stereocenters. The van der Waals surface area contributed by atoms with Gasteiger partial charge in [0.05, 0.1) is 24.6 Å². The van der Waals surface area contributed by atoms with Crippen LogP contribution in [0.25, 0.3) is 0 Å². The third-order valence-electron chi connectivity index (χ3n) is 4.01. The van der Waals surface area contributed by atoms with Crippen molar-refractivity contribution in [1.82, 2.24) is 4.98 Å². The molecule has 122 valence electrons. The standard InChI is InChI=1S/C18H17N3OS2/c1-12-11-24-18(19-12)21-16(17-4-3-9-23-17)10-15(20-21)13-5-7-14(22-2)8-6-13/h3-9,11,16H,10H2,1-2H3. The van der Waals surface area contributed by atoms with Gasteiger partial charge in [0.15, 0.2) is 0 Å². The van der Waals surface area contributed by atoms with E-state index in [2.05, 4.69) is 45.0 Å². The molecule has 0 bridgehead atoms. The maximum atomic E-state index is 5.25. The summed E-state index contributed by atoms with van der Waals surface area (Å²) in [4.78, 5) is 5.95. The van der Waals surface area contributed by atoms with Gasteiger partial charge in [-0.1, -0.05) is 6.07 Å². The number of anilines is 1. The Morgan fingerprint density at radius 1 is 1.17 bits per heavy atom. The summed E-state index contributed by atoms with van der Waals surface area (Å²) in [6, 6.07) is 12.6. The molecule has 24 heavy (non-hydrogen) atoms. The quantitative estimate of drug-likeness (QED) is 0.669.